The molecule has 0 radical (unpaired) electrons. The number of hydrogen-bond donors (Lipinski definition) is 1. The van der Waals surface area contributed by atoms with Crippen LogP contribution >= 0.6 is 0 Å². The van der Waals surface area contributed by atoms with Crippen LogP contribution in [-0.4, -0.2) is 30.4 Å². The Morgan fingerprint density at radius 2 is 1.92 bits per heavy atom. The summed E-state index contributed by atoms with van der Waals surface area (Å²) in [5, 5.41) is 3.06. The van der Waals surface area contributed by atoms with Crippen molar-refractivity contribution in [2.45, 2.75) is 32.9 Å². The van der Waals surface area contributed by atoms with E-state index in [9.17, 15) is 4.79 Å². The molecule has 0 fully saturated rings. The number of carbonyl (C=O) groups is 1. The molecule has 0 saturated carbocycles. The van der Waals surface area contributed by atoms with Gasteiger partial charge in [0.1, 0.15) is 11.9 Å². The molecule has 2 aromatic carbocycles. The van der Waals surface area contributed by atoms with Crippen molar-refractivity contribution in [1.82, 2.24) is 10.2 Å². The summed E-state index contributed by atoms with van der Waals surface area (Å²) in [5.41, 5.74) is 2.26. The van der Waals surface area contributed by atoms with Crippen molar-refractivity contribution in [2.75, 3.05) is 19.6 Å². The molecule has 1 N–H and O–H groups in total. The Hall–Kier alpha value is -2.33. The molecular weight excluding hydrogens is 324 g/mol. The number of amides is 1. The van der Waals surface area contributed by atoms with Gasteiger partial charge in [-0.25, -0.2) is 0 Å². The van der Waals surface area contributed by atoms with Gasteiger partial charge in [-0.15, -0.1) is 0 Å². The minimum Gasteiger partial charge on any atom is -0.484 e. The Labute approximate surface area is 156 Å². The van der Waals surface area contributed by atoms with E-state index < -0.39 is 0 Å². The average Bonchev–Trinajstić information content (AvgIpc) is 2.85. The largest absolute Gasteiger partial charge is 0.484 e. The van der Waals surface area contributed by atoms with Gasteiger partial charge in [-0.3, -0.25) is 9.69 Å². The predicted octanol–water partition coefficient (Wildman–Crippen LogP) is 3.78. The summed E-state index contributed by atoms with van der Waals surface area (Å²) in [6.07, 6.45) is 0.989. The summed E-state index contributed by atoms with van der Waals surface area (Å²) in [6, 6.07) is 18.3. The summed E-state index contributed by atoms with van der Waals surface area (Å²) in [4.78, 5) is 14.6. The number of nitrogens with one attached hydrogen (secondary N) is 1. The molecule has 0 bridgehead atoms. The lowest BCUT2D eigenvalue weighted by Crippen LogP contribution is -2.39. The Balaban J connectivity index is 1.74. The molecule has 1 amide bonds. The maximum atomic E-state index is 12.4. The van der Waals surface area contributed by atoms with Gasteiger partial charge in [0.15, 0.2) is 0 Å². The average molecular weight is 352 g/mol. The summed E-state index contributed by atoms with van der Waals surface area (Å²) in [5.74, 6) is 1.49. The first-order valence-corrected chi connectivity index (χ1v) is 9.44. The van der Waals surface area contributed by atoms with Crippen LogP contribution in [0.3, 0.4) is 0 Å². The standard InChI is InChI=1S/C22H28N2O2/c1-3-17(2)13-23-22(25)16-24-14-19-11-7-8-12-20(19)26-21(15-24)18-9-5-4-6-10-18/h4-12,17,21H,3,13-16H2,1-2H3,(H,23,25)/t17-,21+/m1/s1. The molecule has 1 aliphatic rings. The van der Waals surface area contributed by atoms with E-state index in [0.29, 0.717) is 19.0 Å². The van der Waals surface area contributed by atoms with Crippen molar-refractivity contribution in [1.29, 1.82) is 0 Å². The third kappa shape index (κ3) is 4.85. The summed E-state index contributed by atoms with van der Waals surface area (Å²) in [7, 11) is 0. The quantitative estimate of drug-likeness (QED) is 0.860. The molecule has 0 saturated heterocycles. The normalized spacial score (nSPS) is 18.3. The molecule has 1 heterocycles. The molecule has 2 atom stereocenters. The molecule has 0 spiro atoms. The second-order valence-electron chi connectivity index (χ2n) is 7.11. The topological polar surface area (TPSA) is 41.6 Å². The molecule has 0 unspecified atom stereocenters. The number of fused-ring (bicyclic) bond motifs is 1. The minimum atomic E-state index is -0.0813. The van der Waals surface area contributed by atoms with Crippen molar-refractivity contribution in [3.05, 3.63) is 65.7 Å². The molecule has 138 valence electrons. The highest BCUT2D eigenvalue weighted by atomic mass is 16.5. The first kappa shape index (κ1) is 18.5. The second-order valence-corrected chi connectivity index (χ2v) is 7.11. The van der Waals surface area contributed by atoms with Crippen molar-refractivity contribution in [3.63, 3.8) is 0 Å². The highest BCUT2D eigenvalue weighted by Gasteiger charge is 2.25. The molecule has 2 aromatic rings. The van der Waals surface area contributed by atoms with Crippen LogP contribution in [0.25, 0.3) is 0 Å². The van der Waals surface area contributed by atoms with Gasteiger partial charge in [-0.2, -0.15) is 0 Å². The van der Waals surface area contributed by atoms with Gasteiger partial charge < -0.3 is 10.1 Å². The van der Waals surface area contributed by atoms with E-state index in [-0.39, 0.29) is 12.0 Å². The second kappa shape index (κ2) is 8.86. The fourth-order valence-corrected chi connectivity index (χ4v) is 3.13. The lowest BCUT2D eigenvalue weighted by atomic mass is 10.1. The zero-order valence-electron chi connectivity index (χ0n) is 15.7. The third-order valence-corrected chi connectivity index (χ3v) is 4.94. The van der Waals surface area contributed by atoms with Gasteiger partial charge in [-0.1, -0.05) is 68.8 Å². The maximum absolute atomic E-state index is 12.4. The van der Waals surface area contributed by atoms with Crippen molar-refractivity contribution >= 4 is 5.91 Å². The molecule has 3 rings (SSSR count). The number of benzene rings is 2. The number of nitrogens with zero attached hydrogens (tertiary/aromatic N) is 1. The molecule has 4 nitrogen and oxygen atoms in total. The van der Waals surface area contributed by atoms with E-state index in [1.165, 1.54) is 0 Å². The van der Waals surface area contributed by atoms with Crippen molar-refractivity contribution in [2.24, 2.45) is 5.92 Å². The summed E-state index contributed by atoms with van der Waals surface area (Å²) in [6.45, 7) is 6.83. The van der Waals surface area contributed by atoms with Gasteiger partial charge in [0.05, 0.1) is 6.54 Å². The SMILES string of the molecule is CC[C@@H](C)CNC(=O)CN1Cc2ccccc2O[C@H](c2ccccc2)C1. The molecule has 0 aromatic heterocycles. The van der Waals surface area contributed by atoms with Gasteiger partial charge in [0.25, 0.3) is 0 Å². The maximum Gasteiger partial charge on any atom is 0.234 e. The number of carbonyl (C=O) groups excluding carboxylic acids is 1. The summed E-state index contributed by atoms with van der Waals surface area (Å²) < 4.78 is 6.30. The number of ether oxygens (including phenoxy) is 1. The van der Waals surface area contributed by atoms with Crippen LogP contribution in [0, 0.1) is 5.92 Å². The minimum absolute atomic E-state index is 0.0801. The monoisotopic (exact) mass is 352 g/mol. The third-order valence-electron chi connectivity index (χ3n) is 4.94. The van der Waals surface area contributed by atoms with Crippen LogP contribution in [-0.2, 0) is 11.3 Å². The Morgan fingerprint density at radius 1 is 1.19 bits per heavy atom. The fourth-order valence-electron chi connectivity index (χ4n) is 3.13. The Bertz CT molecular complexity index is 717. The lowest BCUT2D eigenvalue weighted by Gasteiger charge is -2.24. The van der Waals surface area contributed by atoms with E-state index in [0.717, 1.165) is 36.4 Å². The molecule has 1 aliphatic heterocycles. The first-order chi connectivity index (χ1) is 12.7. The first-order valence-electron chi connectivity index (χ1n) is 9.44. The predicted molar refractivity (Wildman–Crippen MR) is 104 cm³/mol. The van der Waals surface area contributed by atoms with Gasteiger partial charge in [0, 0.05) is 25.2 Å². The zero-order valence-corrected chi connectivity index (χ0v) is 15.7. The van der Waals surface area contributed by atoms with Gasteiger partial charge in [0.2, 0.25) is 5.91 Å². The number of rotatable bonds is 6. The molecule has 4 heteroatoms. The zero-order chi connectivity index (χ0) is 18.4. The van der Waals surface area contributed by atoms with Crippen LogP contribution in [0.1, 0.15) is 37.5 Å². The van der Waals surface area contributed by atoms with Crippen LogP contribution in [0.5, 0.6) is 5.75 Å². The highest BCUT2D eigenvalue weighted by molar-refractivity contribution is 5.78. The van der Waals surface area contributed by atoms with Gasteiger partial charge >= 0.3 is 0 Å². The van der Waals surface area contributed by atoms with Crippen LogP contribution in [0.4, 0.5) is 0 Å². The summed E-state index contributed by atoms with van der Waals surface area (Å²) >= 11 is 0. The highest BCUT2D eigenvalue weighted by Crippen LogP contribution is 2.30. The van der Waals surface area contributed by atoms with Crippen LogP contribution < -0.4 is 10.1 Å². The van der Waals surface area contributed by atoms with E-state index in [2.05, 4.69) is 42.3 Å². The fraction of sp³-hybridized carbons (Fsp3) is 0.409. The Kier molecular flexibility index (Phi) is 6.29. The van der Waals surface area contributed by atoms with Crippen LogP contribution in [0.2, 0.25) is 0 Å². The number of hydrogen-bond acceptors (Lipinski definition) is 3. The molecule has 0 aliphatic carbocycles. The van der Waals surface area contributed by atoms with Crippen molar-refractivity contribution < 1.29 is 9.53 Å². The molecule has 26 heavy (non-hydrogen) atoms. The molecular formula is C22H28N2O2. The van der Waals surface area contributed by atoms with E-state index in [1.54, 1.807) is 0 Å². The lowest BCUT2D eigenvalue weighted by molar-refractivity contribution is -0.122. The van der Waals surface area contributed by atoms with Gasteiger partial charge in [-0.05, 0) is 17.5 Å². The van der Waals surface area contributed by atoms with Crippen LogP contribution in [0.15, 0.2) is 54.6 Å². The smallest absolute Gasteiger partial charge is 0.234 e. The van der Waals surface area contributed by atoms with E-state index in [1.807, 2.05) is 36.4 Å². The van der Waals surface area contributed by atoms with E-state index in [4.69, 9.17) is 4.74 Å². The Morgan fingerprint density at radius 3 is 2.69 bits per heavy atom. The number of para-hydroxylation sites is 1. The van der Waals surface area contributed by atoms with E-state index >= 15 is 0 Å². The van der Waals surface area contributed by atoms with Crippen molar-refractivity contribution in [3.8, 4) is 5.75 Å².